The minimum atomic E-state index is -0.179. The number of aryl methyl sites for hydroxylation is 1. The largest absolute Gasteiger partial charge is 0.358 e. The number of H-pyrrole nitrogens is 1. The van der Waals surface area contributed by atoms with Crippen LogP contribution in [-0.4, -0.2) is 57.2 Å². The number of aromatic nitrogens is 4. The van der Waals surface area contributed by atoms with Gasteiger partial charge in [-0.15, -0.1) is 0 Å². The Bertz CT molecular complexity index is 1670. The Morgan fingerprint density at radius 1 is 1.07 bits per heavy atom. The molecule has 0 spiro atoms. The number of aromatic amines is 1. The molecule has 0 radical (unpaired) electrons. The van der Waals surface area contributed by atoms with Gasteiger partial charge in [0.25, 0.3) is 11.5 Å². The van der Waals surface area contributed by atoms with Crippen LogP contribution < -0.4 is 15.4 Å². The van der Waals surface area contributed by atoms with E-state index in [4.69, 9.17) is 5.26 Å². The molecule has 1 fully saturated rings. The number of piperazine rings is 1. The number of anilines is 2. The van der Waals surface area contributed by atoms with Crippen LogP contribution in [0.25, 0.3) is 0 Å². The van der Waals surface area contributed by atoms with Gasteiger partial charge >= 0.3 is 0 Å². The average Bonchev–Trinajstić information content (AvgIpc) is 3.39. The van der Waals surface area contributed by atoms with E-state index in [0.717, 1.165) is 29.9 Å². The van der Waals surface area contributed by atoms with Gasteiger partial charge in [-0.3, -0.25) is 14.6 Å². The fraction of sp³-hybridized carbons (Fsp3) is 0.290. The first-order chi connectivity index (χ1) is 20.0. The average molecular weight is 547 g/mol. The summed E-state index contributed by atoms with van der Waals surface area (Å²) in [6.07, 6.45) is 8.31. The molecule has 1 unspecified atom stereocenters. The maximum absolute atomic E-state index is 13.4. The smallest absolute Gasteiger partial charge is 0.269 e. The molecule has 1 N–H and O–H groups in total. The number of amides is 1. The highest BCUT2D eigenvalue weighted by Gasteiger charge is 2.31. The number of carbonyl (C=O) groups excluding carboxylic acids is 1. The third-order valence-corrected chi connectivity index (χ3v) is 8.03. The first kappa shape index (κ1) is 26.2. The molecular formula is C31H30N8O2. The molecule has 206 valence electrons. The number of nitrogens with one attached hydrogen (secondary N) is 1. The van der Waals surface area contributed by atoms with Crippen molar-refractivity contribution in [2.75, 3.05) is 36.0 Å². The highest BCUT2D eigenvalue weighted by atomic mass is 16.2. The van der Waals surface area contributed by atoms with Crippen LogP contribution >= 0.6 is 0 Å². The van der Waals surface area contributed by atoms with Gasteiger partial charge in [0.2, 0.25) is 0 Å². The Hall–Kier alpha value is -5.04. The molecule has 2 aliphatic rings. The summed E-state index contributed by atoms with van der Waals surface area (Å²) in [6.45, 7) is 5.06. The van der Waals surface area contributed by atoms with E-state index < -0.39 is 0 Å². The second-order valence-corrected chi connectivity index (χ2v) is 10.5. The predicted molar refractivity (Wildman–Crippen MR) is 155 cm³/mol. The zero-order chi connectivity index (χ0) is 28.3. The minimum Gasteiger partial charge on any atom is -0.358 e. The van der Waals surface area contributed by atoms with Crippen molar-refractivity contribution in [2.24, 2.45) is 0 Å². The van der Waals surface area contributed by atoms with E-state index in [2.05, 4.69) is 54.2 Å². The van der Waals surface area contributed by atoms with Gasteiger partial charge in [0, 0.05) is 56.9 Å². The quantitative estimate of drug-likeness (QED) is 0.391. The highest BCUT2D eigenvalue weighted by molar-refractivity contribution is 5.94. The van der Waals surface area contributed by atoms with Crippen LogP contribution in [0.4, 0.5) is 11.5 Å². The number of nitrogens with zero attached hydrogens (tertiary/aromatic N) is 7. The summed E-state index contributed by atoms with van der Waals surface area (Å²) >= 11 is 0. The van der Waals surface area contributed by atoms with Crippen molar-refractivity contribution in [2.45, 2.75) is 32.4 Å². The molecule has 5 heterocycles. The van der Waals surface area contributed by atoms with Crippen molar-refractivity contribution in [3.8, 4) is 6.07 Å². The maximum Gasteiger partial charge on any atom is 0.269 e. The van der Waals surface area contributed by atoms with Crippen LogP contribution in [0.1, 0.15) is 50.6 Å². The van der Waals surface area contributed by atoms with Crippen LogP contribution in [-0.2, 0) is 13.0 Å². The summed E-state index contributed by atoms with van der Waals surface area (Å²) in [5.74, 6) is 0.790. The number of pyridine rings is 2. The minimum absolute atomic E-state index is 0.0233. The van der Waals surface area contributed by atoms with E-state index in [9.17, 15) is 9.59 Å². The van der Waals surface area contributed by atoms with Gasteiger partial charge in [0.05, 0.1) is 29.1 Å². The van der Waals surface area contributed by atoms with E-state index in [1.165, 1.54) is 11.1 Å². The molecule has 0 aliphatic carbocycles. The molecule has 6 rings (SSSR count). The van der Waals surface area contributed by atoms with Gasteiger partial charge in [-0.05, 0) is 54.7 Å². The van der Waals surface area contributed by atoms with Gasteiger partial charge in [0.15, 0.2) is 0 Å². The first-order valence-corrected chi connectivity index (χ1v) is 13.7. The molecular weight excluding hydrogens is 516 g/mol. The lowest BCUT2D eigenvalue weighted by Crippen LogP contribution is -2.49. The summed E-state index contributed by atoms with van der Waals surface area (Å²) in [6, 6.07) is 16.1. The highest BCUT2D eigenvalue weighted by Crippen LogP contribution is 2.40. The van der Waals surface area contributed by atoms with Crippen LogP contribution in [0.15, 0.2) is 72.0 Å². The topological polar surface area (TPSA) is 122 Å². The summed E-state index contributed by atoms with van der Waals surface area (Å²) in [7, 11) is 0. The predicted octanol–water partition coefficient (Wildman–Crippen LogP) is 3.40. The molecule has 10 nitrogen and oxygen atoms in total. The van der Waals surface area contributed by atoms with Gasteiger partial charge in [-0.1, -0.05) is 24.3 Å². The third-order valence-electron chi connectivity index (χ3n) is 8.03. The van der Waals surface area contributed by atoms with E-state index in [-0.39, 0.29) is 17.5 Å². The summed E-state index contributed by atoms with van der Waals surface area (Å²) in [5.41, 5.74) is 5.93. The molecule has 10 heteroatoms. The van der Waals surface area contributed by atoms with Crippen molar-refractivity contribution >= 4 is 17.4 Å². The van der Waals surface area contributed by atoms with Gasteiger partial charge in [-0.2, -0.15) is 10.4 Å². The Morgan fingerprint density at radius 3 is 2.68 bits per heavy atom. The van der Waals surface area contributed by atoms with Gasteiger partial charge in [-0.25, -0.2) is 10.1 Å². The molecule has 1 saturated heterocycles. The third kappa shape index (κ3) is 5.26. The molecule has 1 aromatic carbocycles. The molecule has 2 aliphatic heterocycles. The van der Waals surface area contributed by atoms with Crippen molar-refractivity contribution in [1.29, 1.82) is 5.26 Å². The fourth-order valence-electron chi connectivity index (χ4n) is 5.77. The van der Waals surface area contributed by atoms with E-state index >= 15 is 0 Å². The molecule has 0 bridgehead atoms. The molecule has 1 amide bonds. The second kappa shape index (κ2) is 11.2. The summed E-state index contributed by atoms with van der Waals surface area (Å²) in [4.78, 5) is 40.7. The normalized spacial score (nSPS) is 16.4. The number of nitriles is 1. The second-order valence-electron chi connectivity index (χ2n) is 10.5. The number of carbonyl (C=O) groups is 1. The van der Waals surface area contributed by atoms with Gasteiger partial charge in [0.1, 0.15) is 11.9 Å². The lowest BCUT2D eigenvalue weighted by Gasteiger charge is -2.35. The molecule has 41 heavy (non-hydrogen) atoms. The van der Waals surface area contributed by atoms with Crippen molar-refractivity contribution in [1.82, 2.24) is 25.1 Å². The Balaban J connectivity index is 1.13. The first-order valence-electron chi connectivity index (χ1n) is 13.7. The van der Waals surface area contributed by atoms with E-state index in [1.807, 2.05) is 36.2 Å². The number of fused-ring (bicyclic) bond motifs is 1. The number of hydrogen-bond acceptors (Lipinski definition) is 8. The number of hydrogen-bond donors (Lipinski definition) is 1. The van der Waals surface area contributed by atoms with Crippen molar-refractivity contribution < 1.29 is 4.79 Å². The summed E-state index contributed by atoms with van der Waals surface area (Å²) < 4.78 is 0. The van der Waals surface area contributed by atoms with Crippen LogP contribution in [0, 0.1) is 18.3 Å². The summed E-state index contributed by atoms with van der Waals surface area (Å²) in [5, 5.41) is 15.6. The standard InChI is InChI=1S/C31H30N8O2/c1-21-28(19-35-36-30(21)40)39-20-24-4-2-3-5-26(24)27(39)8-6-22-14-25(18-33-16-22)31(41)38-12-10-37(11-13-38)29-9-7-23(15-32)17-34-29/h2-5,7,9,14,16-19,27H,6,8,10-13,20H2,1H3,(H,36,40). The number of rotatable bonds is 6. The molecule has 4 aromatic rings. The van der Waals surface area contributed by atoms with Crippen LogP contribution in [0.2, 0.25) is 0 Å². The lowest BCUT2D eigenvalue weighted by atomic mass is 9.98. The lowest BCUT2D eigenvalue weighted by molar-refractivity contribution is 0.0746. The van der Waals surface area contributed by atoms with E-state index in [1.54, 1.807) is 24.7 Å². The zero-order valence-electron chi connectivity index (χ0n) is 22.8. The molecule has 1 atom stereocenters. The maximum atomic E-state index is 13.4. The van der Waals surface area contributed by atoms with Crippen LogP contribution in [0.5, 0.6) is 0 Å². The zero-order valence-corrected chi connectivity index (χ0v) is 22.8. The Kier molecular flexibility index (Phi) is 7.17. The Labute approximate surface area is 237 Å². The van der Waals surface area contributed by atoms with Crippen LogP contribution in [0.3, 0.4) is 0 Å². The van der Waals surface area contributed by atoms with Gasteiger partial charge < -0.3 is 14.7 Å². The van der Waals surface area contributed by atoms with Crippen molar-refractivity contribution in [3.05, 3.63) is 111 Å². The fourth-order valence-corrected chi connectivity index (χ4v) is 5.77. The molecule has 3 aromatic heterocycles. The molecule has 0 saturated carbocycles. The monoisotopic (exact) mass is 546 g/mol. The van der Waals surface area contributed by atoms with Crippen molar-refractivity contribution in [3.63, 3.8) is 0 Å². The SMILES string of the molecule is Cc1c(N2Cc3ccccc3C2CCc2cncc(C(=O)N3CCN(c4ccc(C#N)cn4)CC3)c2)cn[nH]c1=O. The Morgan fingerprint density at radius 2 is 1.90 bits per heavy atom. The van der Waals surface area contributed by atoms with E-state index in [0.29, 0.717) is 49.4 Å². The number of benzene rings is 1.